The summed E-state index contributed by atoms with van der Waals surface area (Å²) in [4.78, 5) is 11.2. The molecule has 0 radical (unpaired) electrons. The lowest BCUT2D eigenvalue weighted by atomic mass is 10.0. The van der Waals surface area contributed by atoms with Crippen molar-refractivity contribution in [2.75, 3.05) is 24.2 Å². The average molecular weight is 350 g/mol. The summed E-state index contributed by atoms with van der Waals surface area (Å²) in [6.07, 6.45) is 4.62. The molecule has 0 amide bonds. The zero-order valence-electron chi connectivity index (χ0n) is 13.1. The van der Waals surface area contributed by atoms with Crippen LogP contribution in [0.4, 0.5) is 5.82 Å². The van der Waals surface area contributed by atoms with Gasteiger partial charge in [0, 0.05) is 13.1 Å². The predicted octanol–water partition coefficient (Wildman–Crippen LogP) is 3.92. The normalized spacial score (nSPS) is 16.4. The van der Waals surface area contributed by atoms with Gasteiger partial charge in [-0.1, -0.05) is 53.7 Å². The van der Waals surface area contributed by atoms with E-state index in [-0.39, 0.29) is 0 Å². The number of hydrogen-bond donors (Lipinski definition) is 1. The van der Waals surface area contributed by atoms with Crippen molar-refractivity contribution in [2.45, 2.75) is 30.5 Å². The van der Waals surface area contributed by atoms with Crippen LogP contribution in [0.15, 0.2) is 35.5 Å². The number of anilines is 1. The van der Waals surface area contributed by atoms with E-state index in [1.165, 1.54) is 18.2 Å². The number of benzene rings is 1. The van der Waals surface area contributed by atoms with Crippen molar-refractivity contribution < 1.29 is 5.11 Å². The first kappa shape index (κ1) is 16.6. The molecule has 6 heteroatoms. The van der Waals surface area contributed by atoms with E-state index >= 15 is 0 Å². The Kier molecular flexibility index (Phi) is 5.41. The number of halogens is 1. The van der Waals surface area contributed by atoms with Crippen molar-refractivity contribution in [1.82, 2.24) is 9.97 Å². The van der Waals surface area contributed by atoms with Crippen LogP contribution in [0, 0.1) is 0 Å². The van der Waals surface area contributed by atoms with E-state index in [1.54, 1.807) is 0 Å². The quantitative estimate of drug-likeness (QED) is 0.515. The van der Waals surface area contributed by atoms with Crippen LogP contribution in [0.5, 0.6) is 0 Å². The number of piperidine rings is 1. The SMILES string of the molecule is CSc1nc(Cl)c([C@H](O)c2ccccc2)c(N2CCCCC2)n1. The average Bonchev–Trinajstić information content (AvgIpc) is 2.62. The molecule has 4 nitrogen and oxygen atoms in total. The minimum absolute atomic E-state index is 0.335. The fourth-order valence-corrected chi connectivity index (χ4v) is 3.57. The Morgan fingerprint density at radius 2 is 1.83 bits per heavy atom. The molecule has 1 saturated heterocycles. The predicted molar refractivity (Wildman–Crippen MR) is 95.4 cm³/mol. The van der Waals surface area contributed by atoms with Crippen molar-refractivity contribution in [2.24, 2.45) is 0 Å². The van der Waals surface area contributed by atoms with E-state index in [2.05, 4.69) is 14.9 Å². The van der Waals surface area contributed by atoms with Crippen molar-refractivity contribution in [1.29, 1.82) is 0 Å². The van der Waals surface area contributed by atoms with Gasteiger partial charge in [-0.3, -0.25) is 0 Å². The van der Waals surface area contributed by atoms with E-state index in [4.69, 9.17) is 11.6 Å². The molecular formula is C17H20ClN3OS. The van der Waals surface area contributed by atoms with E-state index < -0.39 is 6.10 Å². The largest absolute Gasteiger partial charge is 0.383 e. The smallest absolute Gasteiger partial charge is 0.190 e. The van der Waals surface area contributed by atoms with Crippen LogP contribution in [0.1, 0.15) is 36.5 Å². The van der Waals surface area contributed by atoms with Gasteiger partial charge in [0.25, 0.3) is 0 Å². The summed E-state index contributed by atoms with van der Waals surface area (Å²) < 4.78 is 0. The minimum atomic E-state index is -0.823. The highest BCUT2D eigenvalue weighted by atomic mass is 35.5. The molecule has 23 heavy (non-hydrogen) atoms. The van der Waals surface area contributed by atoms with Gasteiger partial charge in [-0.25, -0.2) is 9.97 Å². The summed E-state index contributed by atoms with van der Waals surface area (Å²) in [6, 6.07) is 9.53. The standard InChI is InChI=1S/C17H20ClN3OS/c1-23-17-19-15(18)13(14(22)12-8-4-2-5-9-12)16(20-17)21-10-6-3-7-11-21/h2,4-5,8-9,14,22H,3,6-7,10-11H2,1H3/t14-/m1/s1. The van der Waals surface area contributed by atoms with Crippen LogP contribution < -0.4 is 4.90 Å². The highest BCUT2D eigenvalue weighted by Crippen LogP contribution is 2.36. The third-order valence-corrected chi connectivity index (χ3v) is 4.92. The molecule has 0 unspecified atom stereocenters. The zero-order valence-corrected chi connectivity index (χ0v) is 14.6. The first-order valence-corrected chi connectivity index (χ1v) is 9.40. The maximum atomic E-state index is 10.8. The molecule has 0 aliphatic carbocycles. The van der Waals surface area contributed by atoms with Gasteiger partial charge in [0.05, 0.1) is 5.56 Å². The molecule has 0 spiro atoms. The van der Waals surface area contributed by atoms with Gasteiger partial charge in [-0.15, -0.1) is 0 Å². The van der Waals surface area contributed by atoms with Gasteiger partial charge < -0.3 is 10.0 Å². The molecule has 0 saturated carbocycles. The minimum Gasteiger partial charge on any atom is -0.383 e. The van der Waals surface area contributed by atoms with Crippen molar-refractivity contribution >= 4 is 29.2 Å². The second-order valence-electron chi connectivity index (χ2n) is 5.60. The third-order valence-electron chi connectivity index (χ3n) is 4.09. The Morgan fingerprint density at radius 3 is 2.48 bits per heavy atom. The zero-order chi connectivity index (χ0) is 16.2. The maximum absolute atomic E-state index is 10.8. The van der Waals surface area contributed by atoms with Gasteiger partial charge in [-0.2, -0.15) is 0 Å². The van der Waals surface area contributed by atoms with Crippen LogP contribution in [-0.2, 0) is 0 Å². The lowest BCUT2D eigenvalue weighted by molar-refractivity contribution is 0.219. The molecule has 1 aliphatic rings. The monoisotopic (exact) mass is 349 g/mol. The number of aliphatic hydroxyl groups is 1. The van der Waals surface area contributed by atoms with E-state index in [0.29, 0.717) is 15.9 Å². The summed E-state index contributed by atoms with van der Waals surface area (Å²) in [5, 5.41) is 11.8. The topological polar surface area (TPSA) is 49.3 Å². The van der Waals surface area contributed by atoms with Gasteiger partial charge in [0.1, 0.15) is 17.1 Å². The van der Waals surface area contributed by atoms with Gasteiger partial charge in [0.15, 0.2) is 5.16 Å². The molecule has 1 atom stereocenters. The Labute approximate surface area is 145 Å². The fourth-order valence-electron chi connectivity index (χ4n) is 2.89. The van der Waals surface area contributed by atoms with Gasteiger partial charge in [0.2, 0.25) is 0 Å². The van der Waals surface area contributed by atoms with Gasteiger partial charge >= 0.3 is 0 Å². The third kappa shape index (κ3) is 3.62. The Hall–Kier alpha value is -1.30. The molecule has 1 aromatic carbocycles. The molecule has 2 heterocycles. The first-order chi connectivity index (χ1) is 11.2. The second kappa shape index (κ2) is 7.51. The molecule has 1 N–H and O–H groups in total. The van der Waals surface area contributed by atoms with Crippen LogP contribution in [0.2, 0.25) is 5.15 Å². The molecule has 0 bridgehead atoms. The highest BCUT2D eigenvalue weighted by Gasteiger charge is 2.26. The summed E-state index contributed by atoms with van der Waals surface area (Å²) in [5.74, 6) is 0.769. The molecule has 2 aromatic rings. The van der Waals surface area contributed by atoms with Crippen LogP contribution >= 0.6 is 23.4 Å². The van der Waals surface area contributed by atoms with Crippen molar-refractivity contribution in [3.05, 3.63) is 46.6 Å². The maximum Gasteiger partial charge on any atom is 0.190 e. The summed E-state index contributed by atoms with van der Waals surface area (Å²) in [5.41, 5.74) is 1.41. The fraction of sp³-hybridized carbons (Fsp3) is 0.412. The summed E-state index contributed by atoms with van der Waals surface area (Å²) >= 11 is 7.89. The second-order valence-corrected chi connectivity index (χ2v) is 6.73. The Morgan fingerprint density at radius 1 is 1.13 bits per heavy atom. The Balaban J connectivity index is 2.06. The lowest BCUT2D eigenvalue weighted by Crippen LogP contribution is -2.32. The molecular weight excluding hydrogens is 330 g/mol. The first-order valence-electron chi connectivity index (χ1n) is 7.80. The van der Waals surface area contributed by atoms with Crippen molar-refractivity contribution in [3.63, 3.8) is 0 Å². The molecule has 1 fully saturated rings. The molecule has 3 rings (SSSR count). The van der Waals surface area contributed by atoms with Crippen LogP contribution in [0.3, 0.4) is 0 Å². The summed E-state index contributed by atoms with van der Waals surface area (Å²) in [7, 11) is 0. The van der Waals surface area contributed by atoms with Crippen molar-refractivity contribution in [3.8, 4) is 0 Å². The molecule has 1 aliphatic heterocycles. The van der Waals surface area contributed by atoms with E-state index in [1.807, 2.05) is 36.6 Å². The van der Waals surface area contributed by atoms with Crippen LogP contribution in [-0.4, -0.2) is 34.4 Å². The number of aliphatic hydroxyl groups excluding tert-OH is 1. The Bertz CT molecular complexity index is 662. The molecule has 1 aromatic heterocycles. The number of aromatic nitrogens is 2. The van der Waals surface area contributed by atoms with Crippen LogP contribution in [0.25, 0.3) is 0 Å². The number of hydrogen-bond acceptors (Lipinski definition) is 5. The van der Waals surface area contributed by atoms with E-state index in [9.17, 15) is 5.11 Å². The summed E-state index contributed by atoms with van der Waals surface area (Å²) in [6.45, 7) is 1.88. The number of rotatable bonds is 4. The number of thioether (sulfide) groups is 1. The highest BCUT2D eigenvalue weighted by molar-refractivity contribution is 7.98. The lowest BCUT2D eigenvalue weighted by Gasteiger charge is -2.31. The number of nitrogens with zero attached hydrogens (tertiary/aromatic N) is 3. The van der Waals surface area contributed by atoms with Gasteiger partial charge in [-0.05, 0) is 31.1 Å². The van der Waals surface area contributed by atoms with E-state index in [0.717, 1.165) is 37.3 Å². The molecule has 122 valence electrons.